The van der Waals surface area contributed by atoms with Crippen LogP contribution in [0.15, 0.2) is 0 Å². The Labute approximate surface area is 74.5 Å². The van der Waals surface area contributed by atoms with Crippen LogP contribution < -0.4 is 5.73 Å². The Kier molecular flexibility index (Phi) is 3.98. The molecule has 3 heteroatoms. The van der Waals surface area contributed by atoms with Gasteiger partial charge in [-0.2, -0.15) is 0 Å². The van der Waals surface area contributed by atoms with Crippen LogP contribution in [0.3, 0.4) is 0 Å². The fourth-order valence-corrected chi connectivity index (χ4v) is 1.94. The summed E-state index contributed by atoms with van der Waals surface area (Å²) in [4.78, 5) is 2.24. The van der Waals surface area contributed by atoms with E-state index in [1.807, 2.05) is 0 Å². The summed E-state index contributed by atoms with van der Waals surface area (Å²) in [5.41, 5.74) is 5.42. The number of nitrogens with two attached hydrogens (primary N) is 1. The minimum atomic E-state index is -0.104. The lowest BCUT2D eigenvalue weighted by molar-refractivity contribution is 0.0861. The topological polar surface area (TPSA) is 49.5 Å². The molecular weight excluding hydrogens is 152 g/mol. The summed E-state index contributed by atoms with van der Waals surface area (Å²) in [6.07, 6.45) is 4.20. The van der Waals surface area contributed by atoms with Crippen LogP contribution in [-0.4, -0.2) is 42.3 Å². The Morgan fingerprint density at radius 1 is 1.50 bits per heavy atom. The standard InChI is InChI=1S/C9H20N2O/c1-11(7-3-6-10)8-4-2-5-9(8)12/h8-9,12H,2-7,10H2,1H3. The molecule has 0 aromatic carbocycles. The van der Waals surface area contributed by atoms with Crippen LogP contribution in [0.25, 0.3) is 0 Å². The molecule has 1 rings (SSSR count). The highest BCUT2D eigenvalue weighted by Gasteiger charge is 2.27. The molecule has 2 atom stereocenters. The molecule has 1 aliphatic carbocycles. The summed E-state index contributed by atoms with van der Waals surface area (Å²) >= 11 is 0. The van der Waals surface area contributed by atoms with Crippen LogP contribution in [0.1, 0.15) is 25.7 Å². The van der Waals surface area contributed by atoms with Gasteiger partial charge in [0.05, 0.1) is 6.10 Å². The first-order valence-electron chi connectivity index (χ1n) is 4.84. The highest BCUT2D eigenvalue weighted by Crippen LogP contribution is 2.22. The maximum Gasteiger partial charge on any atom is 0.0695 e. The van der Waals surface area contributed by atoms with E-state index in [1.165, 1.54) is 6.42 Å². The van der Waals surface area contributed by atoms with E-state index in [9.17, 15) is 5.11 Å². The first-order chi connectivity index (χ1) is 5.75. The van der Waals surface area contributed by atoms with Crippen molar-refractivity contribution in [1.29, 1.82) is 0 Å². The molecule has 0 amide bonds. The number of aliphatic hydroxyl groups excluding tert-OH is 1. The molecule has 1 aliphatic rings. The summed E-state index contributed by atoms with van der Waals surface area (Å²) < 4.78 is 0. The van der Waals surface area contributed by atoms with Gasteiger partial charge in [-0.25, -0.2) is 0 Å². The van der Waals surface area contributed by atoms with Crippen molar-refractivity contribution in [1.82, 2.24) is 4.90 Å². The van der Waals surface area contributed by atoms with E-state index in [1.54, 1.807) is 0 Å². The highest BCUT2D eigenvalue weighted by atomic mass is 16.3. The molecule has 1 fully saturated rings. The van der Waals surface area contributed by atoms with Crippen molar-refractivity contribution in [3.8, 4) is 0 Å². The Balaban J connectivity index is 2.25. The van der Waals surface area contributed by atoms with Gasteiger partial charge < -0.3 is 15.7 Å². The van der Waals surface area contributed by atoms with Crippen molar-refractivity contribution in [2.24, 2.45) is 5.73 Å². The second kappa shape index (κ2) is 4.80. The highest BCUT2D eigenvalue weighted by molar-refractivity contribution is 4.83. The van der Waals surface area contributed by atoms with Crippen molar-refractivity contribution in [2.75, 3.05) is 20.1 Å². The van der Waals surface area contributed by atoms with Gasteiger partial charge in [-0.15, -0.1) is 0 Å². The van der Waals surface area contributed by atoms with Crippen LogP contribution in [0.5, 0.6) is 0 Å². The van der Waals surface area contributed by atoms with E-state index in [0.717, 1.165) is 32.4 Å². The van der Waals surface area contributed by atoms with E-state index < -0.39 is 0 Å². The van der Waals surface area contributed by atoms with Gasteiger partial charge in [-0.05, 0) is 45.8 Å². The van der Waals surface area contributed by atoms with E-state index in [2.05, 4.69) is 11.9 Å². The van der Waals surface area contributed by atoms with Crippen LogP contribution in [-0.2, 0) is 0 Å². The van der Waals surface area contributed by atoms with E-state index in [4.69, 9.17) is 5.73 Å². The molecule has 0 radical (unpaired) electrons. The Hall–Kier alpha value is -0.120. The lowest BCUT2D eigenvalue weighted by atomic mass is 10.2. The summed E-state index contributed by atoms with van der Waals surface area (Å²) in [6.45, 7) is 1.76. The van der Waals surface area contributed by atoms with Gasteiger partial charge in [-0.3, -0.25) is 0 Å². The smallest absolute Gasteiger partial charge is 0.0695 e. The normalized spacial score (nSPS) is 30.0. The van der Waals surface area contributed by atoms with Crippen LogP contribution in [0.2, 0.25) is 0 Å². The molecule has 0 aromatic heterocycles. The number of aliphatic hydroxyl groups is 1. The Morgan fingerprint density at radius 2 is 2.25 bits per heavy atom. The molecule has 0 saturated heterocycles. The number of nitrogens with zero attached hydrogens (tertiary/aromatic N) is 1. The number of hydrogen-bond donors (Lipinski definition) is 2. The zero-order chi connectivity index (χ0) is 8.97. The maximum atomic E-state index is 9.59. The van der Waals surface area contributed by atoms with E-state index in [0.29, 0.717) is 6.04 Å². The molecule has 2 unspecified atom stereocenters. The summed E-state index contributed by atoms with van der Waals surface area (Å²) in [5, 5.41) is 9.59. The second-order valence-corrected chi connectivity index (χ2v) is 3.69. The maximum absolute atomic E-state index is 9.59. The van der Waals surface area contributed by atoms with Crippen LogP contribution in [0, 0.1) is 0 Å². The third-order valence-electron chi connectivity index (χ3n) is 2.73. The van der Waals surface area contributed by atoms with Crippen molar-refractivity contribution >= 4 is 0 Å². The molecule has 0 spiro atoms. The molecule has 72 valence electrons. The van der Waals surface area contributed by atoms with Gasteiger partial charge in [0.1, 0.15) is 0 Å². The van der Waals surface area contributed by atoms with Gasteiger partial charge in [0.25, 0.3) is 0 Å². The van der Waals surface area contributed by atoms with Gasteiger partial charge in [0, 0.05) is 6.04 Å². The van der Waals surface area contributed by atoms with Crippen LogP contribution >= 0.6 is 0 Å². The largest absolute Gasteiger partial charge is 0.391 e. The first-order valence-corrected chi connectivity index (χ1v) is 4.84. The minimum absolute atomic E-state index is 0.104. The van der Waals surface area contributed by atoms with Crippen molar-refractivity contribution < 1.29 is 5.11 Å². The van der Waals surface area contributed by atoms with Crippen molar-refractivity contribution in [3.63, 3.8) is 0 Å². The fraction of sp³-hybridized carbons (Fsp3) is 1.00. The summed E-state index contributed by atoms with van der Waals surface area (Å²) in [7, 11) is 2.08. The first kappa shape index (κ1) is 9.96. The number of rotatable bonds is 4. The second-order valence-electron chi connectivity index (χ2n) is 3.69. The average molecular weight is 172 g/mol. The molecule has 3 N–H and O–H groups in total. The Morgan fingerprint density at radius 3 is 2.75 bits per heavy atom. The van der Waals surface area contributed by atoms with Crippen LogP contribution in [0.4, 0.5) is 0 Å². The predicted molar refractivity (Wildman–Crippen MR) is 49.9 cm³/mol. The molecule has 12 heavy (non-hydrogen) atoms. The molecule has 0 aliphatic heterocycles. The van der Waals surface area contributed by atoms with E-state index in [-0.39, 0.29) is 6.10 Å². The SMILES string of the molecule is CN(CCCN)C1CCCC1O. The van der Waals surface area contributed by atoms with Gasteiger partial charge in [0.15, 0.2) is 0 Å². The quantitative estimate of drug-likeness (QED) is 0.636. The predicted octanol–water partition coefficient (Wildman–Crippen LogP) is 0.180. The average Bonchev–Trinajstić information content (AvgIpc) is 2.47. The zero-order valence-corrected chi connectivity index (χ0v) is 7.87. The molecule has 0 bridgehead atoms. The lowest BCUT2D eigenvalue weighted by Crippen LogP contribution is -2.38. The monoisotopic (exact) mass is 172 g/mol. The minimum Gasteiger partial charge on any atom is -0.391 e. The van der Waals surface area contributed by atoms with Crippen molar-refractivity contribution in [3.05, 3.63) is 0 Å². The third kappa shape index (κ3) is 2.44. The zero-order valence-electron chi connectivity index (χ0n) is 7.87. The number of likely N-dealkylation sites (N-methyl/N-ethyl adjacent to an activating group) is 1. The summed E-state index contributed by atoms with van der Waals surface area (Å²) in [5.74, 6) is 0. The molecule has 0 aromatic rings. The molecule has 1 saturated carbocycles. The third-order valence-corrected chi connectivity index (χ3v) is 2.73. The number of hydrogen-bond acceptors (Lipinski definition) is 3. The van der Waals surface area contributed by atoms with Gasteiger partial charge in [-0.1, -0.05) is 0 Å². The lowest BCUT2D eigenvalue weighted by Gasteiger charge is -2.26. The van der Waals surface area contributed by atoms with Gasteiger partial charge in [0.2, 0.25) is 0 Å². The molecular formula is C9H20N2O. The van der Waals surface area contributed by atoms with E-state index >= 15 is 0 Å². The molecule has 3 nitrogen and oxygen atoms in total. The fourth-order valence-electron chi connectivity index (χ4n) is 1.94. The van der Waals surface area contributed by atoms with Crippen molar-refractivity contribution in [2.45, 2.75) is 37.8 Å². The van der Waals surface area contributed by atoms with Gasteiger partial charge >= 0.3 is 0 Å². The Bertz CT molecular complexity index is 130. The molecule has 0 heterocycles. The summed E-state index contributed by atoms with van der Waals surface area (Å²) in [6, 6.07) is 0.386.